The van der Waals surface area contributed by atoms with Crippen molar-refractivity contribution in [3.63, 3.8) is 0 Å². The maximum Gasteiger partial charge on any atom is 0.348 e. The molecule has 40 heavy (non-hydrogen) atoms. The zero-order chi connectivity index (χ0) is 28.8. The van der Waals surface area contributed by atoms with Crippen molar-refractivity contribution in [2.24, 2.45) is 0 Å². The lowest BCUT2D eigenvalue weighted by Gasteiger charge is -2.07. The van der Waals surface area contributed by atoms with Gasteiger partial charge >= 0.3 is 5.97 Å². The van der Waals surface area contributed by atoms with E-state index < -0.39 is 17.6 Å². The number of hydrogen-bond acceptors (Lipinski definition) is 7. The van der Waals surface area contributed by atoms with Crippen LogP contribution in [0, 0.1) is 35.4 Å². The molecule has 4 rings (SSSR count). The van der Waals surface area contributed by atoms with Gasteiger partial charge in [0.05, 0.1) is 17.7 Å². The molecule has 0 unspecified atom stereocenters. The lowest BCUT2D eigenvalue weighted by molar-refractivity contribution is -0.117. The van der Waals surface area contributed by atoms with Crippen LogP contribution >= 0.6 is 11.3 Å². The summed E-state index contributed by atoms with van der Waals surface area (Å²) in [6.45, 7) is 3.42. The first-order valence-corrected chi connectivity index (χ1v) is 13.0. The molecule has 2 aromatic carbocycles. The molecular weight excluding hydrogens is 531 g/mol. The van der Waals surface area contributed by atoms with Gasteiger partial charge in [0.25, 0.3) is 0 Å². The summed E-state index contributed by atoms with van der Waals surface area (Å²) in [5.41, 5.74) is 2.26. The van der Waals surface area contributed by atoms with Crippen molar-refractivity contribution in [1.82, 2.24) is 4.57 Å². The van der Waals surface area contributed by atoms with E-state index in [1.165, 1.54) is 30.3 Å². The number of benzene rings is 2. The number of fused-ring (bicyclic) bond motifs is 1. The minimum Gasteiger partial charge on any atom is -0.462 e. The summed E-state index contributed by atoms with van der Waals surface area (Å²) >= 11 is 1.01. The monoisotopic (exact) mass is 554 g/mol. The van der Waals surface area contributed by atoms with Gasteiger partial charge < -0.3 is 14.6 Å². The predicted octanol–water partition coefficient (Wildman–Crippen LogP) is 5.56. The maximum absolute atomic E-state index is 13.2. The van der Waals surface area contributed by atoms with Crippen LogP contribution in [0.25, 0.3) is 17.0 Å². The standard InChI is InChI=1S/C30H23FN4O4S/c1-3-39-30(38)29-18(2)24(15-33)27(40-29)13-26(36)19(14-32)12-20-16-35(25-7-5-4-6-23(20)25)17-28(37)34-22-10-8-21(31)9-11-22/h4-12,16H,3,13,17H2,1-2H3,(H,34,37)/b19-12+. The number of esters is 1. The third-order valence-electron chi connectivity index (χ3n) is 6.10. The first-order valence-electron chi connectivity index (χ1n) is 12.2. The highest BCUT2D eigenvalue weighted by Gasteiger charge is 2.24. The fourth-order valence-corrected chi connectivity index (χ4v) is 5.36. The molecule has 0 spiro atoms. The summed E-state index contributed by atoms with van der Waals surface area (Å²) in [5, 5.41) is 22.9. The van der Waals surface area contributed by atoms with E-state index in [0.29, 0.717) is 27.2 Å². The zero-order valence-electron chi connectivity index (χ0n) is 21.7. The van der Waals surface area contributed by atoms with Gasteiger partial charge in [-0.05, 0) is 55.8 Å². The van der Waals surface area contributed by atoms with Crippen molar-refractivity contribution in [1.29, 1.82) is 10.5 Å². The molecule has 0 aliphatic heterocycles. The molecule has 0 bridgehead atoms. The maximum atomic E-state index is 13.2. The van der Waals surface area contributed by atoms with E-state index in [1.54, 1.807) is 30.7 Å². The summed E-state index contributed by atoms with van der Waals surface area (Å²) in [6.07, 6.45) is 2.90. The molecule has 0 atom stereocenters. The second-order valence-corrected chi connectivity index (χ2v) is 9.85. The number of para-hydroxylation sites is 1. The molecule has 0 radical (unpaired) electrons. The van der Waals surface area contributed by atoms with E-state index in [-0.39, 0.29) is 41.5 Å². The molecule has 200 valence electrons. The molecule has 0 saturated heterocycles. The lowest BCUT2D eigenvalue weighted by Crippen LogP contribution is -2.18. The largest absolute Gasteiger partial charge is 0.462 e. The molecule has 1 amide bonds. The summed E-state index contributed by atoms with van der Waals surface area (Å²) in [6, 6.07) is 16.7. The van der Waals surface area contributed by atoms with E-state index in [1.807, 2.05) is 30.3 Å². The number of allylic oxidation sites excluding steroid dienone is 1. The van der Waals surface area contributed by atoms with Crippen LogP contribution in [0.15, 0.2) is 60.3 Å². The number of ketones is 1. The normalized spacial score (nSPS) is 11.1. The molecule has 2 heterocycles. The Morgan fingerprint density at radius 2 is 1.85 bits per heavy atom. The fraction of sp³-hybridized carbons (Fsp3) is 0.167. The Bertz CT molecular complexity index is 1740. The van der Waals surface area contributed by atoms with Gasteiger partial charge in [0.1, 0.15) is 29.4 Å². The summed E-state index contributed by atoms with van der Waals surface area (Å²) in [7, 11) is 0. The van der Waals surface area contributed by atoms with Gasteiger partial charge in [-0.1, -0.05) is 18.2 Å². The van der Waals surface area contributed by atoms with Gasteiger partial charge in [0, 0.05) is 39.6 Å². The van der Waals surface area contributed by atoms with Gasteiger partial charge in [-0.25, -0.2) is 9.18 Å². The Labute approximate surface area is 233 Å². The molecule has 0 aliphatic carbocycles. The summed E-state index contributed by atoms with van der Waals surface area (Å²) in [4.78, 5) is 38.8. The number of rotatable bonds is 9. The van der Waals surface area contributed by atoms with Crippen molar-refractivity contribution in [2.45, 2.75) is 26.8 Å². The minimum absolute atomic E-state index is 0.0573. The zero-order valence-corrected chi connectivity index (χ0v) is 22.5. The van der Waals surface area contributed by atoms with Crippen LogP contribution in [0.1, 0.15) is 38.2 Å². The van der Waals surface area contributed by atoms with Crippen LogP contribution in [0.4, 0.5) is 10.1 Å². The SMILES string of the molecule is CCOC(=O)c1sc(CC(=O)/C(C#N)=C/c2cn(CC(=O)Nc3ccc(F)cc3)c3ccccc23)c(C#N)c1C. The average Bonchev–Trinajstić information content (AvgIpc) is 3.44. The van der Waals surface area contributed by atoms with Crippen molar-refractivity contribution in [2.75, 3.05) is 11.9 Å². The molecule has 2 aromatic heterocycles. The van der Waals surface area contributed by atoms with Crippen LogP contribution < -0.4 is 5.32 Å². The Morgan fingerprint density at radius 3 is 2.52 bits per heavy atom. The van der Waals surface area contributed by atoms with Gasteiger partial charge in [0.2, 0.25) is 5.91 Å². The highest BCUT2D eigenvalue weighted by Crippen LogP contribution is 2.30. The van der Waals surface area contributed by atoms with Crippen LogP contribution in [0.5, 0.6) is 0 Å². The third-order valence-corrected chi connectivity index (χ3v) is 7.37. The van der Waals surface area contributed by atoms with E-state index in [9.17, 15) is 29.3 Å². The summed E-state index contributed by atoms with van der Waals surface area (Å²) in [5.74, 6) is -1.82. The molecule has 10 heteroatoms. The summed E-state index contributed by atoms with van der Waals surface area (Å²) < 4.78 is 19.9. The quantitative estimate of drug-likeness (QED) is 0.164. The number of amides is 1. The van der Waals surface area contributed by atoms with Gasteiger partial charge in [-0.15, -0.1) is 11.3 Å². The number of ether oxygens (including phenoxy) is 1. The highest BCUT2D eigenvalue weighted by molar-refractivity contribution is 7.14. The molecular formula is C30H23FN4O4S. The van der Waals surface area contributed by atoms with Crippen LogP contribution in [-0.4, -0.2) is 28.8 Å². The Morgan fingerprint density at radius 1 is 1.12 bits per heavy atom. The lowest BCUT2D eigenvalue weighted by atomic mass is 10.0. The highest BCUT2D eigenvalue weighted by atomic mass is 32.1. The van der Waals surface area contributed by atoms with Crippen LogP contribution in [0.3, 0.4) is 0 Å². The molecule has 8 nitrogen and oxygen atoms in total. The van der Waals surface area contributed by atoms with Crippen molar-refractivity contribution in [3.8, 4) is 12.1 Å². The van der Waals surface area contributed by atoms with Crippen LogP contribution in [0.2, 0.25) is 0 Å². The van der Waals surface area contributed by atoms with Gasteiger partial charge in [-0.3, -0.25) is 9.59 Å². The van der Waals surface area contributed by atoms with Crippen LogP contribution in [-0.2, 0) is 27.3 Å². The van der Waals surface area contributed by atoms with Crippen molar-refractivity contribution < 1.29 is 23.5 Å². The third kappa shape index (κ3) is 5.98. The minimum atomic E-state index is -0.562. The molecule has 0 fully saturated rings. The fourth-order valence-electron chi connectivity index (χ4n) is 4.22. The number of thiophene rings is 1. The second-order valence-electron chi connectivity index (χ2n) is 8.74. The Kier molecular flexibility index (Phi) is 8.53. The van der Waals surface area contributed by atoms with E-state index >= 15 is 0 Å². The Balaban J connectivity index is 1.61. The number of Topliss-reactive ketones (excluding diaryl/α,β-unsaturated/α-hetero) is 1. The topological polar surface area (TPSA) is 125 Å². The average molecular weight is 555 g/mol. The number of carbonyl (C=O) groups is 3. The number of carbonyl (C=O) groups excluding carboxylic acids is 3. The van der Waals surface area contributed by atoms with Gasteiger partial charge in [0.15, 0.2) is 5.78 Å². The first-order chi connectivity index (χ1) is 19.2. The van der Waals surface area contributed by atoms with Crippen molar-refractivity contribution >= 4 is 51.7 Å². The van der Waals surface area contributed by atoms with E-state index in [4.69, 9.17) is 4.74 Å². The number of anilines is 1. The molecule has 1 N–H and O–H groups in total. The number of halogens is 1. The molecule has 0 aliphatic rings. The first kappa shape index (κ1) is 28.0. The number of nitriles is 2. The van der Waals surface area contributed by atoms with E-state index in [2.05, 4.69) is 5.32 Å². The molecule has 0 saturated carbocycles. The molecule has 4 aromatic rings. The number of hydrogen-bond donors (Lipinski definition) is 1. The number of aromatic nitrogens is 1. The van der Waals surface area contributed by atoms with E-state index in [0.717, 1.165) is 16.7 Å². The number of nitrogens with zero attached hydrogens (tertiary/aromatic N) is 3. The number of nitrogens with one attached hydrogen (secondary N) is 1. The Hall–Kier alpha value is -5.06. The predicted molar refractivity (Wildman–Crippen MR) is 149 cm³/mol. The second kappa shape index (κ2) is 12.2. The van der Waals surface area contributed by atoms with Crippen molar-refractivity contribution in [3.05, 3.63) is 92.6 Å². The smallest absolute Gasteiger partial charge is 0.348 e. The van der Waals surface area contributed by atoms with Gasteiger partial charge in [-0.2, -0.15) is 10.5 Å².